The largest absolute Gasteiger partial charge is 0.382 e. The molecule has 4 aromatic heterocycles. The number of fused-ring (bicyclic) bond motifs is 4. The van der Waals surface area contributed by atoms with Crippen LogP contribution in [0.25, 0.3) is 27.5 Å². The summed E-state index contributed by atoms with van der Waals surface area (Å²) in [6.07, 6.45) is 12.0. The average Bonchev–Trinajstić information content (AvgIpc) is 3.61. The molecule has 2 fully saturated rings. The van der Waals surface area contributed by atoms with E-state index in [1.807, 2.05) is 18.3 Å². The van der Waals surface area contributed by atoms with Crippen LogP contribution in [0.5, 0.6) is 0 Å². The molecule has 0 amide bonds. The second-order valence-corrected chi connectivity index (χ2v) is 13.3. The van der Waals surface area contributed by atoms with Gasteiger partial charge in [-0.25, -0.2) is 18.4 Å². The zero-order chi connectivity index (χ0) is 24.6. The van der Waals surface area contributed by atoms with E-state index in [0.717, 1.165) is 60.4 Å². The standard InChI is InChI=1S/C25H27N7O2S2/c1-36(33,34)22-21(14-9-15-6-7-16(10-14)29-15)31-24-17(12-28-32(24)23(22)26)13-5-8-19(27-11-13)25-30-18-3-2-4-20(18)35-25/h5,8,11-12,14-16,29H,2-4,6-7,9-10,26H2,1H3/t14-,15+,16-. The Hall–Kier alpha value is -2.89. The maximum absolute atomic E-state index is 12.8. The maximum atomic E-state index is 12.8. The number of nitrogens with one attached hydrogen (secondary N) is 1. The van der Waals surface area contributed by atoms with E-state index in [9.17, 15) is 8.42 Å². The Labute approximate surface area is 213 Å². The third-order valence-corrected chi connectivity index (χ3v) is 10.1. The van der Waals surface area contributed by atoms with E-state index >= 15 is 0 Å². The van der Waals surface area contributed by atoms with E-state index in [1.165, 1.54) is 27.8 Å². The number of nitrogens with zero attached hydrogens (tertiary/aromatic N) is 5. The molecule has 3 aliphatic rings. The van der Waals surface area contributed by atoms with Crippen molar-refractivity contribution in [3.8, 4) is 21.8 Å². The van der Waals surface area contributed by atoms with Gasteiger partial charge in [0.1, 0.15) is 15.7 Å². The minimum absolute atomic E-state index is 0.0379. The molecule has 0 spiro atoms. The summed E-state index contributed by atoms with van der Waals surface area (Å²) >= 11 is 1.73. The van der Waals surface area contributed by atoms with E-state index in [-0.39, 0.29) is 16.6 Å². The summed E-state index contributed by atoms with van der Waals surface area (Å²) in [4.78, 5) is 15.9. The van der Waals surface area contributed by atoms with E-state index in [1.54, 1.807) is 17.5 Å². The summed E-state index contributed by atoms with van der Waals surface area (Å²) in [7, 11) is -3.60. The molecule has 7 rings (SSSR count). The first kappa shape index (κ1) is 22.3. The molecule has 6 heterocycles. The molecule has 0 saturated carbocycles. The van der Waals surface area contributed by atoms with Gasteiger partial charge in [-0.2, -0.15) is 9.61 Å². The van der Waals surface area contributed by atoms with Crippen LogP contribution in [-0.4, -0.2) is 51.3 Å². The third-order valence-electron chi connectivity index (χ3n) is 7.78. The molecule has 1 aliphatic carbocycles. The highest BCUT2D eigenvalue weighted by Crippen LogP contribution is 2.41. The number of hydrogen-bond acceptors (Lipinski definition) is 9. The van der Waals surface area contributed by atoms with Crippen LogP contribution in [-0.2, 0) is 22.7 Å². The fourth-order valence-electron chi connectivity index (χ4n) is 6.14. The predicted octanol–water partition coefficient (Wildman–Crippen LogP) is 3.39. The van der Waals surface area contributed by atoms with Crippen molar-refractivity contribution in [2.45, 2.75) is 67.8 Å². The molecule has 36 heavy (non-hydrogen) atoms. The molecule has 2 saturated heterocycles. The summed E-state index contributed by atoms with van der Waals surface area (Å²) in [6, 6.07) is 4.77. The lowest BCUT2D eigenvalue weighted by atomic mass is 9.89. The highest BCUT2D eigenvalue weighted by atomic mass is 32.2. The SMILES string of the molecule is CS(=O)(=O)c1c([C@H]2C[C@H]3CC[C@@H](C2)N3)nc2c(-c3ccc(-c4nc5c(s4)CCC5)nc3)cnn2c1N. The predicted molar refractivity (Wildman–Crippen MR) is 139 cm³/mol. The molecular weight excluding hydrogens is 494 g/mol. The number of aryl methyl sites for hydroxylation is 2. The molecule has 2 bridgehead atoms. The molecule has 186 valence electrons. The quantitative estimate of drug-likeness (QED) is 0.418. The van der Waals surface area contributed by atoms with E-state index in [0.29, 0.717) is 23.4 Å². The smallest absolute Gasteiger partial charge is 0.180 e. The maximum Gasteiger partial charge on any atom is 0.180 e. The van der Waals surface area contributed by atoms with Gasteiger partial charge in [-0.15, -0.1) is 11.3 Å². The van der Waals surface area contributed by atoms with Crippen molar-refractivity contribution < 1.29 is 8.42 Å². The number of aromatic nitrogens is 5. The first-order valence-corrected chi connectivity index (χ1v) is 15.1. The lowest BCUT2D eigenvalue weighted by Crippen LogP contribution is -2.38. The fourth-order valence-corrected chi connectivity index (χ4v) is 8.32. The summed E-state index contributed by atoms with van der Waals surface area (Å²) < 4.78 is 27.1. The van der Waals surface area contributed by atoms with Crippen molar-refractivity contribution in [1.29, 1.82) is 0 Å². The van der Waals surface area contributed by atoms with Gasteiger partial charge in [0.05, 0.1) is 23.3 Å². The number of nitrogen functional groups attached to an aromatic ring is 1. The van der Waals surface area contributed by atoms with E-state index in [2.05, 4.69) is 10.4 Å². The van der Waals surface area contributed by atoms with Gasteiger partial charge in [0.15, 0.2) is 15.5 Å². The first-order valence-electron chi connectivity index (χ1n) is 12.4. The number of sulfone groups is 1. The number of nitrogens with two attached hydrogens (primary N) is 1. The molecule has 0 radical (unpaired) electrons. The second-order valence-electron chi connectivity index (χ2n) is 10.3. The zero-order valence-electron chi connectivity index (χ0n) is 19.9. The molecule has 3 atom stereocenters. The number of thiazole rings is 1. The molecule has 0 unspecified atom stereocenters. The van der Waals surface area contributed by atoms with Gasteiger partial charge in [0.25, 0.3) is 0 Å². The van der Waals surface area contributed by atoms with Gasteiger partial charge in [-0.05, 0) is 51.0 Å². The van der Waals surface area contributed by atoms with E-state index in [4.69, 9.17) is 20.7 Å². The van der Waals surface area contributed by atoms with Crippen LogP contribution in [0.2, 0.25) is 0 Å². The van der Waals surface area contributed by atoms with Gasteiger partial charge >= 0.3 is 0 Å². The Kier molecular flexibility index (Phi) is 4.99. The average molecular weight is 522 g/mol. The van der Waals surface area contributed by atoms with Crippen LogP contribution in [0.4, 0.5) is 5.82 Å². The molecule has 0 aromatic carbocycles. The van der Waals surface area contributed by atoms with Gasteiger partial charge in [0, 0.05) is 46.5 Å². The first-order chi connectivity index (χ1) is 17.3. The Morgan fingerprint density at radius 3 is 2.61 bits per heavy atom. The van der Waals surface area contributed by atoms with E-state index < -0.39 is 9.84 Å². The summed E-state index contributed by atoms with van der Waals surface area (Å²) in [5, 5.41) is 9.00. The minimum atomic E-state index is -3.60. The summed E-state index contributed by atoms with van der Waals surface area (Å²) in [6.45, 7) is 0. The van der Waals surface area contributed by atoms with Crippen molar-refractivity contribution in [2.75, 3.05) is 12.0 Å². The van der Waals surface area contributed by atoms with Crippen LogP contribution < -0.4 is 11.1 Å². The van der Waals surface area contributed by atoms with Gasteiger partial charge in [0.2, 0.25) is 0 Å². The van der Waals surface area contributed by atoms with Crippen molar-refractivity contribution in [1.82, 2.24) is 29.9 Å². The lowest BCUT2D eigenvalue weighted by molar-refractivity contribution is 0.355. The Bertz CT molecular complexity index is 1570. The number of hydrogen-bond donors (Lipinski definition) is 2. The van der Waals surface area contributed by atoms with Crippen LogP contribution in [0, 0.1) is 0 Å². The van der Waals surface area contributed by atoms with Crippen LogP contribution in [0.1, 0.15) is 54.3 Å². The highest BCUT2D eigenvalue weighted by molar-refractivity contribution is 7.91. The van der Waals surface area contributed by atoms with Crippen LogP contribution in [0.15, 0.2) is 29.4 Å². The summed E-state index contributed by atoms with van der Waals surface area (Å²) in [5.41, 5.74) is 11.3. The van der Waals surface area contributed by atoms with Gasteiger partial charge in [-0.1, -0.05) is 6.07 Å². The Balaban J connectivity index is 1.32. The normalized spacial score (nSPS) is 23.4. The van der Waals surface area contributed by atoms with Crippen molar-refractivity contribution in [3.05, 3.63) is 40.8 Å². The van der Waals surface area contributed by atoms with Crippen molar-refractivity contribution in [3.63, 3.8) is 0 Å². The Morgan fingerprint density at radius 2 is 1.92 bits per heavy atom. The van der Waals surface area contributed by atoms with Gasteiger partial charge < -0.3 is 11.1 Å². The zero-order valence-corrected chi connectivity index (χ0v) is 21.6. The molecule has 2 aliphatic heterocycles. The van der Waals surface area contributed by atoms with Crippen molar-refractivity contribution in [2.24, 2.45) is 0 Å². The van der Waals surface area contributed by atoms with Crippen LogP contribution in [0.3, 0.4) is 0 Å². The molecule has 3 N–H and O–H groups in total. The molecular formula is C25H27N7O2S2. The van der Waals surface area contributed by atoms with Crippen LogP contribution >= 0.6 is 11.3 Å². The highest BCUT2D eigenvalue weighted by Gasteiger charge is 2.38. The third kappa shape index (κ3) is 3.55. The van der Waals surface area contributed by atoms with Gasteiger partial charge in [-0.3, -0.25) is 4.98 Å². The molecule has 11 heteroatoms. The van der Waals surface area contributed by atoms with Crippen molar-refractivity contribution >= 4 is 32.6 Å². The molecule has 9 nitrogen and oxygen atoms in total. The number of rotatable bonds is 4. The fraction of sp³-hybridized carbons (Fsp3) is 0.440. The number of piperidine rings is 1. The Morgan fingerprint density at radius 1 is 1.11 bits per heavy atom. The molecule has 4 aromatic rings. The summed E-state index contributed by atoms with van der Waals surface area (Å²) in [5.74, 6) is 0.160. The second kappa shape index (κ2) is 8.06. The monoisotopic (exact) mass is 521 g/mol. The topological polar surface area (TPSA) is 128 Å². The minimum Gasteiger partial charge on any atom is -0.382 e. The lowest BCUT2D eigenvalue weighted by Gasteiger charge is -2.30. The number of anilines is 1. The number of pyridine rings is 1.